The second-order valence-corrected chi connectivity index (χ2v) is 5.80. The third kappa shape index (κ3) is 2.64. The number of carboxylic acids is 1. The molecule has 1 fully saturated rings. The molecule has 2 aromatic carbocycles. The third-order valence-corrected chi connectivity index (χ3v) is 4.02. The van der Waals surface area contributed by atoms with E-state index < -0.39 is 5.97 Å². The topological polar surface area (TPSA) is 80.9 Å². The fraction of sp³-hybridized carbons (Fsp3) is 0.176. The summed E-state index contributed by atoms with van der Waals surface area (Å²) in [4.78, 5) is 11.5. The zero-order chi connectivity index (χ0) is 16.7. The maximum atomic E-state index is 13.1. The van der Waals surface area contributed by atoms with Crippen molar-refractivity contribution in [2.75, 3.05) is 0 Å². The lowest BCUT2D eigenvalue weighted by Crippen LogP contribution is -2.05. The Morgan fingerprint density at radius 1 is 1.12 bits per heavy atom. The van der Waals surface area contributed by atoms with Crippen LogP contribution >= 0.6 is 0 Å². The Morgan fingerprint density at radius 2 is 1.88 bits per heavy atom. The van der Waals surface area contributed by atoms with Crippen molar-refractivity contribution in [2.45, 2.75) is 18.8 Å². The summed E-state index contributed by atoms with van der Waals surface area (Å²) in [5, 5.41) is 21.2. The van der Waals surface area contributed by atoms with Gasteiger partial charge in [-0.2, -0.15) is 4.68 Å². The number of benzene rings is 2. The normalized spacial score (nSPS) is 13.9. The number of aromatic carboxylic acids is 1. The monoisotopic (exact) mass is 324 g/mol. The van der Waals surface area contributed by atoms with Gasteiger partial charge in [0.2, 0.25) is 0 Å². The summed E-state index contributed by atoms with van der Waals surface area (Å²) in [6.45, 7) is 0. The average molecular weight is 324 g/mol. The standard InChI is InChI=1S/C17H13FN4O2/c18-14-5-3-10(4-6-14)12-7-13(17(23)24)9-15(8-12)22-16(11-1-2-11)19-20-21-22/h3-9,11H,1-2H2,(H,23,24). The van der Waals surface area contributed by atoms with E-state index in [-0.39, 0.29) is 11.4 Å². The van der Waals surface area contributed by atoms with Gasteiger partial charge in [0.1, 0.15) is 5.82 Å². The Morgan fingerprint density at radius 3 is 2.54 bits per heavy atom. The second-order valence-electron chi connectivity index (χ2n) is 5.80. The van der Waals surface area contributed by atoms with Gasteiger partial charge in [-0.3, -0.25) is 0 Å². The van der Waals surface area contributed by atoms with Gasteiger partial charge < -0.3 is 5.11 Å². The predicted octanol–water partition coefficient (Wildman–Crippen LogP) is 3.04. The zero-order valence-electron chi connectivity index (χ0n) is 12.6. The fourth-order valence-electron chi connectivity index (χ4n) is 2.64. The molecule has 24 heavy (non-hydrogen) atoms. The largest absolute Gasteiger partial charge is 0.478 e. The molecule has 0 bridgehead atoms. The summed E-state index contributed by atoms with van der Waals surface area (Å²) in [6, 6.07) is 10.8. The predicted molar refractivity (Wildman–Crippen MR) is 83.5 cm³/mol. The van der Waals surface area contributed by atoms with Gasteiger partial charge in [-0.05, 0) is 64.7 Å². The number of halogens is 1. The maximum Gasteiger partial charge on any atom is 0.335 e. The first-order valence-corrected chi connectivity index (χ1v) is 7.55. The van der Waals surface area contributed by atoms with Gasteiger partial charge in [0, 0.05) is 5.92 Å². The van der Waals surface area contributed by atoms with Crippen LogP contribution in [0, 0.1) is 5.82 Å². The lowest BCUT2D eigenvalue weighted by molar-refractivity contribution is 0.0697. The van der Waals surface area contributed by atoms with E-state index in [2.05, 4.69) is 15.5 Å². The third-order valence-electron chi connectivity index (χ3n) is 4.02. The first-order chi connectivity index (χ1) is 11.6. The molecule has 1 saturated carbocycles. The number of carbonyl (C=O) groups is 1. The highest BCUT2D eigenvalue weighted by Crippen LogP contribution is 2.39. The molecule has 3 aromatic rings. The highest BCUT2D eigenvalue weighted by molar-refractivity contribution is 5.90. The van der Waals surface area contributed by atoms with Gasteiger partial charge in [-0.1, -0.05) is 12.1 Å². The highest BCUT2D eigenvalue weighted by Gasteiger charge is 2.30. The molecule has 4 rings (SSSR count). The molecule has 1 heterocycles. The molecule has 7 heteroatoms. The summed E-state index contributed by atoms with van der Waals surface area (Å²) in [5.41, 5.74) is 2.11. The van der Waals surface area contributed by atoms with Crippen LogP contribution in [0.1, 0.15) is 34.9 Å². The number of aromatic nitrogens is 4. The number of nitrogens with zero attached hydrogens (tertiary/aromatic N) is 4. The van der Waals surface area contributed by atoms with Crippen LogP contribution in [0.25, 0.3) is 16.8 Å². The van der Waals surface area contributed by atoms with E-state index in [1.807, 2.05) is 6.07 Å². The molecule has 0 aliphatic heterocycles. The molecule has 1 aromatic heterocycles. The summed E-state index contributed by atoms with van der Waals surface area (Å²) >= 11 is 0. The minimum Gasteiger partial charge on any atom is -0.478 e. The van der Waals surface area contributed by atoms with Crippen LogP contribution in [0.3, 0.4) is 0 Å². The molecule has 0 saturated heterocycles. The van der Waals surface area contributed by atoms with Crippen molar-refractivity contribution >= 4 is 5.97 Å². The molecule has 0 unspecified atom stereocenters. The van der Waals surface area contributed by atoms with Crippen molar-refractivity contribution in [1.82, 2.24) is 20.2 Å². The maximum absolute atomic E-state index is 13.1. The van der Waals surface area contributed by atoms with Crippen molar-refractivity contribution in [1.29, 1.82) is 0 Å². The van der Waals surface area contributed by atoms with Gasteiger partial charge >= 0.3 is 5.97 Å². The van der Waals surface area contributed by atoms with Gasteiger partial charge in [-0.25, -0.2) is 9.18 Å². The molecule has 0 radical (unpaired) electrons. The van der Waals surface area contributed by atoms with E-state index >= 15 is 0 Å². The molecular weight excluding hydrogens is 311 g/mol. The molecule has 1 N–H and O–H groups in total. The van der Waals surface area contributed by atoms with Crippen LogP contribution < -0.4 is 0 Å². The van der Waals surface area contributed by atoms with Crippen LogP contribution in [0.5, 0.6) is 0 Å². The molecule has 1 aliphatic rings. The summed E-state index contributed by atoms with van der Waals surface area (Å²) in [5.74, 6) is -0.323. The van der Waals surface area contributed by atoms with Gasteiger partial charge in [-0.15, -0.1) is 5.10 Å². The molecule has 0 amide bonds. The van der Waals surface area contributed by atoms with Crippen molar-refractivity contribution in [3.05, 3.63) is 59.7 Å². The molecule has 0 atom stereocenters. The average Bonchev–Trinajstić information content (AvgIpc) is 3.31. The molecule has 0 spiro atoms. The SMILES string of the molecule is O=C(O)c1cc(-c2ccc(F)cc2)cc(-n2nnnc2C2CC2)c1. The van der Waals surface area contributed by atoms with E-state index in [0.717, 1.165) is 24.2 Å². The number of rotatable bonds is 4. The van der Waals surface area contributed by atoms with Crippen LogP contribution in [-0.4, -0.2) is 31.3 Å². The first kappa shape index (κ1) is 14.5. The smallest absolute Gasteiger partial charge is 0.335 e. The molecule has 1 aliphatic carbocycles. The van der Waals surface area contributed by atoms with Crippen LogP contribution in [0.15, 0.2) is 42.5 Å². The van der Waals surface area contributed by atoms with Crippen molar-refractivity contribution < 1.29 is 14.3 Å². The Hall–Kier alpha value is -3.09. The van der Waals surface area contributed by atoms with Crippen molar-refractivity contribution in [3.8, 4) is 16.8 Å². The number of hydrogen-bond donors (Lipinski definition) is 1. The van der Waals surface area contributed by atoms with Crippen molar-refractivity contribution in [3.63, 3.8) is 0 Å². The van der Waals surface area contributed by atoms with Crippen LogP contribution in [-0.2, 0) is 0 Å². The van der Waals surface area contributed by atoms with Gasteiger partial charge in [0.25, 0.3) is 0 Å². The minimum absolute atomic E-state index is 0.129. The fourth-order valence-corrected chi connectivity index (χ4v) is 2.64. The molecular formula is C17H13FN4O2. The van der Waals surface area contributed by atoms with E-state index in [9.17, 15) is 14.3 Å². The van der Waals surface area contributed by atoms with Gasteiger partial charge in [0.05, 0.1) is 11.3 Å². The summed E-state index contributed by atoms with van der Waals surface area (Å²) in [7, 11) is 0. The number of carboxylic acid groups (broad SMARTS) is 1. The van der Waals surface area contributed by atoms with Crippen molar-refractivity contribution in [2.24, 2.45) is 0 Å². The Balaban J connectivity index is 1.86. The number of tetrazole rings is 1. The first-order valence-electron chi connectivity index (χ1n) is 7.55. The van der Waals surface area contributed by atoms with E-state index in [0.29, 0.717) is 17.2 Å². The van der Waals surface area contributed by atoms with Crippen LogP contribution in [0.4, 0.5) is 4.39 Å². The summed E-state index contributed by atoms with van der Waals surface area (Å²) in [6.07, 6.45) is 2.06. The minimum atomic E-state index is -1.04. The van der Waals surface area contributed by atoms with E-state index in [4.69, 9.17) is 0 Å². The van der Waals surface area contributed by atoms with E-state index in [1.54, 1.807) is 22.9 Å². The lowest BCUT2D eigenvalue weighted by atomic mass is 10.0. The summed E-state index contributed by atoms with van der Waals surface area (Å²) < 4.78 is 14.7. The Kier molecular flexibility index (Phi) is 3.34. The quantitative estimate of drug-likeness (QED) is 0.798. The van der Waals surface area contributed by atoms with E-state index in [1.165, 1.54) is 18.2 Å². The number of hydrogen-bond acceptors (Lipinski definition) is 4. The Bertz CT molecular complexity index is 917. The highest BCUT2D eigenvalue weighted by atomic mass is 19.1. The second kappa shape index (κ2) is 5.52. The van der Waals surface area contributed by atoms with Crippen LogP contribution in [0.2, 0.25) is 0 Å². The molecule has 6 nitrogen and oxygen atoms in total. The zero-order valence-corrected chi connectivity index (χ0v) is 12.6. The Labute approximate surface area is 136 Å². The molecule has 120 valence electrons. The van der Waals surface area contributed by atoms with Gasteiger partial charge in [0.15, 0.2) is 5.82 Å². The lowest BCUT2D eigenvalue weighted by Gasteiger charge is -2.09.